The number of piperazine rings is 2. The van der Waals surface area contributed by atoms with E-state index in [1.807, 2.05) is 19.0 Å². The van der Waals surface area contributed by atoms with Crippen LogP contribution in [0.25, 0.3) is 0 Å². The van der Waals surface area contributed by atoms with Gasteiger partial charge in [-0.25, -0.2) is 0 Å². The number of hydrogen-bond donors (Lipinski definition) is 0. The lowest BCUT2D eigenvalue weighted by atomic mass is 10.1. The number of ether oxygens (including phenoxy) is 2. The number of nitrogens with zero attached hydrogens (tertiary/aromatic N) is 14. The molecule has 6 atom stereocenters. The lowest BCUT2D eigenvalue weighted by Crippen LogP contribution is -2.52. The van der Waals surface area contributed by atoms with Crippen LogP contribution in [0.15, 0.2) is 0 Å². The van der Waals surface area contributed by atoms with E-state index in [0.29, 0.717) is 25.0 Å². The van der Waals surface area contributed by atoms with Gasteiger partial charge >= 0.3 is 0 Å². The molecule has 10 aliphatic rings. The average molecular weight is 1170 g/mol. The van der Waals surface area contributed by atoms with Gasteiger partial charge in [0.25, 0.3) is 0 Å². The zero-order chi connectivity index (χ0) is 60.1. The van der Waals surface area contributed by atoms with Gasteiger partial charge in [0, 0.05) is 130 Å². The maximum atomic E-state index is 12.3. The Bertz CT molecular complexity index is 1740. The predicted molar refractivity (Wildman–Crippen MR) is 342 cm³/mol. The van der Waals surface area contributed by atoms with E-state index in [-0.39, 0.29) is 24.0 Å². The lowest BCUT2D eigenvalue weighted by Gasteiger charge is -2.35. The van der Waals surface area contributed by atoms with Gasteiger partial charge in [-0.1, -0.05) is 41.5 Å². The summed E-state index contributed by atoms with van der Waals surface area (Å²) in [5, 5.41) is 0. The minimum atomic E-state index is 0.146. The lowest BCUT2D eigenvalue weighted by molar-refractivity contribution is -0.140. The molecule has 484 valence electrons. The number of rotatable bonds is 15. The van der Waals surface area contributed by atoms with Crippen molar-refractivity contribution in [3.8, 4) is 0 Å². The van der Waals surface area contributed by atoms with E-state index in [0.717, 1.165) is 155 Å². The fraction of sp³-hybridized carbons (Fsp3) is 0.953. The third-order valence-corrected chi connectivity index (χ3v) is 19.7. The second kappa shape index (κ2) is 39.7. The molecule has 19 heteroatoms. The third kappa shape index (κ3) is 24.1. The van der Waals surface area contributed by atoms with Crippen LogP contribution in [0.3, 0.4) is 0 Å². The molecule has 0 aromatic heterocycles. The topological polar surface area (TPSA) is 115 Å². The zero-order valence-electron chi connectivity index (χ0n) is 55.7. The molecule has 10 aliphatic heterocycles. The number of amides is 3. The fourth-order valence-electron chi connectivity index (χ4n) is 14.4. The predicted octanol–water partition coefficient (Wildman–Crippen LogP) is 3.69. The monoisotopic (exact) mass is 1170 g/mol. The first kappa shape index (κ1) is 71.6. The second-order valence-electron chi connectivity index (χ2n) is 25.7. The molecule has 0 aromatic rings. The van der Waals surface area contributed by atoms with Gasteiger partial charge in [0.15, 0.2) is 0 Å². The van der Waals surface area contributed by atoms with E-state index < -0.39 is 0 Å². The summed E-state index contributed by atoms with van der Waals surface area (Å²) in [4.78, 5) is 68.8. The molecule has 0 N–H and O–H groups in total. The summed E-state index contributed by atoms with van der Waals surface area (Å²) in [6.07, 6.45) is 15.0. The highest BCUT2D eigenvalue weighted by Gasteiger charge is 2.36. The van der Waals surface area contributed by atoms with Gasteiger partial charge in [0.2, 0.25) is 17.7 Å². The van der Waals surface area contributed by atoms with Gasteiger partial charge < -0.3 is 38.9 Å². The van der Waals surface area contributed by atoms with E-state index >= 15 is 0 Å². The standard InChI is InChI=1S/C12H23N3O.C12H25N3.C11H20N2O2.C11H22N2O.C9H18N2O.C9H20N2/c1-3-14-6-4-5-11(14)12(16)15-9-7-13(2)8-10-15;1-3-15-6-4-5-12(15)11-14-9-7-13(2)8-10-14;1-2-12-5-3-4-10(12)11(14)13-6-8-15-9-7-13;1-2-13-5-3-4-11(13)10-12-6-8-14-9-7-12;1-4-11-7-5-6-8(11)9(12)10(2)3;1-4-11-7-5-6-9(11)8-10(2)3/h11H,3-10H2,1-2H3;12H,3-11H2,1-2H3;10H,2-9H2,1H3;11H,2-10H2,1H3;8H,4-7H2,1-3H3;9H,4-8H2,1-3H3. The Balaban J connectivity index is 0.000000183. The molecule has 0 aromatic carbocycles. The highest BCUT2D eigenvalue weighted by molar-refractivity contribution is 5.83. The Hall–Kier alpha value is -2.11. The highest BCUT2D eigenvalue weighted by atomic mass is 16.5. The first-order valence-corrected chi connectivity index (χ1v) is 34.0. The summed E-state index contributed by atoms with van der Waals surface area (Å²) in [6, 6.07) is 2.97. The van der Waals surface area contributed by atoms with E-state index in [1.54, 1.807) is 4.90 Å². The number of likely N-dealkylation sites (tertiary alicyclic amines) is 6. The number of hydrogen-bond acceptors (Lipinski definition) is 16. The van der Waals surface area contributed by atoms with Crippen LogP contribution in [0.1, 0.15) is 119 Å². The summed E-state index contributed by atoms with van der Waals surface area (Å²) >= 11 is 0. The minimum Gasteiger partial charge on any atom is -0.379 e. The van der Waals surface area contributed by atoms with Crippen molar-refractivity contribution in [2.45, 2.75) is 155 Å². The van der Waals surface area contributed by atoms with Gasteiger partial charge in [-0.3, -0.25) is 53.6 Å². The van der Waals surface area contributed by atoms with E-state index in [9.17, 15) is 14.4 Å². The number of carbonyl (C=O) groups is 3. The van der Waals surface area contributed by atoms with Crippen LogP contribution in [0.5, 0.6) is 0 Å². The summed E-state index contributed by atoms with van der Waals surface area (Å²) in [6.45, 7) is 46.8. The van der Waals surface area contributed by atoms with Crippen LogP contribution >= 0.6 is 0 Å². The van der Waals surface area contributed by atoms with Crippen molar-refractivity contribution in [3.05, 3.63) is 0 Å². The number of likely N-dealkylation sites (N-methyl/N-ethyl adjacent to an activating group) is 10. The van der Waals surface area contributed by atoms with Crippen molar-refractivity contribution >= 4 is 17.7 Å². The third-order valence-electron chi connectivity index (χ3n) is 19.7. The summed E-state index contributed by atoms with van der Waals surface area (Å²) < 4.78 is 10.6. The minimum absolute atomic E-state index is 0.146. The van der Waals surface area contributed by atoms with Gasteiger partial charge in [0.1, 0.15) is 0 Å². The smallest absolute Gasteiger partial charge is 0.240 e. The van der Waals surface area contributed by atoms with Crippen molar-refractivity contribution in [1.29, 1.82) is 0 Å². The quantitative estimate of drug-likeness (QED) is 0.238. The van der Waals surface area contributed by atoms with Gasteiger partial charge in [-0.2, -0.15) is 0 Å². The molecule has 10 fully saturated rings. The Kier molecular flexibility index (Phi) is 34.3. The average Bonchev–Trinajstić information content (AvgIpc) is 4.55. The summed E-state index contributed by atoms with van der Waals surface area (Å²) in [5.41, 5.74) is 0. The van der Waals surface area contributed by atoms with E-state index in [1.165, 1.54) is 130 Å². The normalized spacial score (nSPS) is 28.6. The molecule has 19 nitrogen and oxygen atoms in total. The molecule has 83 heavy (non-hydrogen) atoms. The highest BCUT2D eigenvalue weighted by Crippen LogP contribution is 2.23. The molecule has 6 unspecified atom stereocenters. The van der Waals surface area contributed by atoms with Gasteiger partial charge in [0.05, 0.1) is 44.6 Å². The van der Waals surface area contributed by atoms with Gasteiger partial charge in [-0.15, -0.1) is 0 Å². The van der Waals surface area contributed by atoms with Crippen LogP contribution in [-0.4, -0.2) is 368 Å². The molecule has 10 heterocycles. The number of carbonyl (C=O) groups excluding carboxylic acids is 3. The molecule has 10 rings (SSSR count). The first-order chi connectivity index (χ1) is 40.1. The summed E-state index contributed by atoms with van der Waals surface area (Å²) in [7, 11) is 12.3. The second-order valence-corrected chi connectivity index (χ2v) is 25.7. The maximum Gasteiger partial charge on any atom is 0.240 e. The molecule has 0 radical (unpaired) electrons. The Morgan fingerprint density at radius 1 is 0.373 bits per heavy atom. The first-order valence-electron chi connectivity index (χ1n) is 34.0. The Morgan fingerprint density at radius 3 is 1.11 bits per heavy atom. The molecule has 0 saturated carbocycles. The van der Waals surface area contributed by atoms with Crippen molar-refractivity contribution < 1.29 is 23.9 Å². The van der Waals surface area contributed by atoms with Gasteiger partial charge in [-0.05, 0) is 184 Å². The fourth-order valence-corrected chi connectivity index (χ4v) is 14.4. The maximum absolute atomic E-state index is 12.3. The van der Waals surface area contributed by atoms with Crippen molar-refractivity contribution in [3.63, 3.8) is 0 Å². The van der Waals surface area contributed by atoms with Crippen molar-refractivity contribution in [2.75, 3.05) is 245 Å². The summed E-state index contributed by atoms with van der Waals surface area (Å²) in [5.74, 6) is 0.944. The van der Waals surface area contributed by atoms with Crippen molar-refractivity contribution in [2.24, 2.45) is 0 Å². The molecule has 0 aliphatic carbocycles. The Morgan fingerprint density at radius 2 is 0.699 bits per heavy atom. The van der Waals surface area contributed by atoms with Crippen LogP contribution < -0.4 is 0 Å². The van der Waals surface area contributed by atoms with E-state index in [2.05, 4.69) is 129 Å². The zero-order valence-corrected chi connectivity index (χ0v) is 55.7. The number of morpholine rings is 2. The Labute approximate surface area is 508 Å². The largest absolute Gasteiger partial charge is 0.379 e. The molecular weight excluding hydrogens is 1040 g/mol. The van der Waals surface area contributed by atoms with Crippen LogP contribution in [0.4, 0.5) is 0 Å². The SMILES string of the molecule is CCN1CCCC1C(=O)N(C)C.CCN1CCCC1C(=O)N1CCN(C)CC1.CCN1CCCC1C(=O)N1CCOCC1.CCN1CCCC1CN(C)C.CCN1CCCC1CN1CCN(C)CC1.CCN1CCCC1CN1CCOCC1. The molecule has 3 amide bonds. The molecule has 0 spiro atoms. The van der Waals surface area contributed by atoms with E-state index in [4.69, 9.17) is 9.47 Å². The van der Waals surface area contributed by atoms with Crippen molar-refractivity contribution in [1.82, 2.24) is 68.6 Å². The van der Waals surface area contributed by atoms with Crippen LogP contribution in [-0.2, 0) is 23.9 Å². The molecule has 10 saturated heterocycles. The van der Waals surface area contributed by atoms with Crippen LogP contribution in [0, 0.1) is 0 Å². The molecular formula is C64H128N14O5. The van der Waals surface area contributed by atoms with Crippen LogP contribution in [0.2, 0.25) is 0 Å². The molecule has 0 bridgehead atoms.